The number of hydrogen-bond acceptors (Lipinski definition) is 5. The van der Waals surface area contributed by atoms with Crippen LogP contribution in [0.3, 0.4) is 0 Å². The molecule has 0 fully saturated rings. The summed E-state index contributed by atoms with van der Waals surface area (Å²) in [5.41, 5.74) is 1.26. The van der Waals surface area contributed by atoms with E-state index in [4.69, 9.17) is 16.3 Å². The van der Waals surface area contributed by atoms with E-state index in [9.17, 15) is 14.4 Å². The Morgan fingerprint density at radius 3 is 2.21 bits per heavy atom. The molecule has 148 valence electrons. The van der Waals surface area contributed by atoms with Gasteiger partial charge in [0.2, 0.25) is 5.78 Å². The van der Waals surface area contributed by atoms with Crippen molar-refractivity contribution in [3.05, 3.63) is 93.1 Å². The molecule has 2 aromatic carbocycles. The molecule has 0 spiro atoms. The Morgan fingerprint density at radius 1 is 0.931 bits per heavy atom. The van der Waals surface area contributed by atoms with Gasteiger partial charge in [-0.25, -0.2) is 0 Å². The van der Waals surface area contributed by atoms with Gasteiger partial charge in [0, 0.05) is 5.56 Å². The minimum Gasteiger partial charge on any atom is -0.457 e. The minimum absolute atomic E-state index is 0.0962. The monoisotopic (exact) mass is 427 g/mol. The van der Waals surface area contributed by atoms with E-state index >= 15 is 0 Å². The molecule has 3 rings (SSSR count). The first-order valence-corrected chi connectivity index (χ1v) is 10.1. The number of nitrogens with one attached hydrogen (secondary N) is 1. The van der Waals surface area contributed by atoms with E-state index in [-0.39, 0.29) is 24.7 Å². The molecule has 1 heterocycles. The molecule has 1 N–H and O–H groups in total. The van der Waals surface area contributed by atoms with Gasteiger partial charge in [-0.15, -0.1) is 11.3 Å². The van der Waals surface area contributed by atoms with Gasteiger partial charge in [0.25, 0.3) is 5.91 Å². The maximum absolute atomic E-state index is 12.5. The lowest BCUT2D eigenvalue weighted by atomic mass is 10.0. The highest BCUT2D eigenvalue weighted by molar-refractivity contribution is 7.18. The number of amides is 1. The van der Waals surface area contributed by atoms with Crippen LogP contribution in [0, 0.1) is 0 Å². The van der Waals surface area contributed by atoms with Gasteiger partial charge in [-0.05, 0) is 29.8 Å². The third-order valence-electron chi connectivity index (χ3n) is 4.13. The largest absolute Gasteiger partial charge is 0.457 e. The molecule has 1 aromatic heterocycles. The van der Waals surface area contributed by atoms with Crippen LogP contribution in [0.2, 0.25) is 4.34 Å². The number of benzene rings is 2. The molecule has 0 aliphatic heterocycles. The van der Waals surface area contributed by atoms with Crippen molar-refractivity contribution in [2.75, 3.05) is 6.61 Å². The molecule has 5 nitrogen and oxygen atoms in total. The van der Waals surface area contributed by atoms with E-state index in [1.165, 1.54) is 0 Å². The zero-order valence-corrected chi connectivity index (χ0v) is 16.9. The Bertz CT molecular complexity index is 988. The van der Waals surface area contributed by atoms with Crippen LogP contribution in [0.25, 0.3) is 0 Å². The SMILES string of the molecule is O=C(CC(NC(=O)c1ccccc1)c1ccccc1)OCC(=O)c1ccc(Cl)s1. The van der Waals surface area contributed by atoms with Gasteiger partial charge in [-0.1, -0.05) is 60.1 Å². The lowest BCUT2D eigenvalue weighted by Gasteiger charge is -2.18. The number of carbonyl (C=O) groups excluding carboxylic acids is 3. The molecule has 1 unspecified atom stereocenters. The number of carbonyl (C=O) groups is 3. The second-order valence-corrected chi connectivity index (χ2v) is 7.91. The molecule has 0 aliphatic rings. The quantitative estimate of drug-likeness (QED) is 0.418. The van der Waals surface area contributed by atoms with Crippen molar-refractivity contribution < 1.29 is 19.1 Å². The Kier molecular flexibility index (Phi) is 7.16. The van der Waals surface area contributed by atoms with Crippen LogP contribution < -0.4 is 5.32 Å². The van der Waals surface area contributed by atoms with Crippen molar-refractivity contribution in [3.8, 4) is 0 Å². The summed E-state index contributed by atoms with van der Waals surface area (Å²) in [6.45, 7) is -0.371. The molecular formula is C22H18ClNO4S. The number of rotatable bonds is 8. The molecule has 0 radical (unpaired) electrons. The molecular weight excluding hydrogens is 410 g/mol. The number of hydrogen-bond donors (Lipinski definition) is 1. The average Bonchev–Trinajstić information content (AvgIpc) is 3.19. The highest BCUT2D eigenvalue weighted by atomic mass is 35.5. The summed E-state index contributed by atoms with van der Waals surface area (Å²) in [5, 5.41) is 2.86. The van der Waals surface area contributed by atoms with Crippen molar-refractivity contribution in [2.45, 2.75) is 12.5 Å². The van der Waals surface area contributed by atoms with E-state index in [0.717, 1.165) is 16.9 Å². The second-order valence-electron chi connectivity index (χ2n) is 6.19. The number of thiophene rings is 1. The van der Waals surface area contributed by atoms with E-state index in [1.807, 2.05) is 36.4 Å². The van der Waals surface area contributed by atoms with Crippen molar-refractivity contribution >= 4 is 40.6 Å². The zero-order chi connectivity index (χ0) is 20.6. The predicted molar refractivity (Wildman–Crippen MR) is 112 cm³/mol. The fraction of sp³-hybridized carbons (Fsp3) is 0.136. The highest BCUT2D eigenvalue weighted by Gasteiger charge is 2.21. The van der Waals surface area contributed by atoms with Crippen LogP contribution in [-0.4, -0.2) is 24.3 Å². The summed E-state index contributed by atoms with van der Waals surface area (Å²) in [7, 11) is 0. The van der Waals surface area contributed by atoms with E-state index < -0.39 is 12.0 Å². The predicted octanol–water partition coefficient (Wildman–Crippen LogP) is 4.69. The Hall–Kier alpha value is -2.96. The first-order chi connectivity index (χ1) is 14.0. The third kappa shape index (κ3) is 6.01. The third-order valence-corrected chi connectivity index (χ3v) is 5.40. The van der Waals surface area contributed by atoms with Crippen LogP contribution in [0.1, 0.15) is 38.1 Å². The van der Waals surface area contributed by atoms with E-state index in [2.05, 4.69) is 5.32 Å². The lowest BCUT2D eigenvalue weighted by molar-refractivity contribution is -0.143. The maximum atomic E-state index is 12.5. The molecule has 0 saturated heterocycles. The van der Waals surface area contributed by atoms with E-state index in [1.54, 1.807) is 36.4 Å². The second kappa shape index (κ2) is 10.0. The fourth-order valence-corrected chi connectivity index (χ4v) is 3.64. The molecule has 1 atom stereocenters. The molecule has 7 heteroatoms. The Morgan fingerprint density at radius 2 is 1.59 bits per heavy atom. The first-order valence-electron chi connectivity index (χ1n) is 8.88. The van der Waals surface area contributed by atoms with Crippen LogP contribution >= 0.6 is 22.9 Å². The number of ether oxygens (including phenoxy) is 1. The van der Waals surface area contributed by atoms with Crippen molar-refractivity contribution in [3.63, 3.8) is 0 Å². The van der Waals surface area contributed by atoms with Crippen LogP contribution in [-0.2, 0) is 9.53 Å². The topological polar surface area (TPSA) is 72.5 Å². The number of esters is 1. The Labute approximate surface area is 177 Å². The molecule has 3 aromatic rings. The van der Waals surface area contributed by atoms with Crippen LogP contribution in [0.15, 0.2) is 72.8 Å². The number of halogens is 1. The molecule has 29 heavy (non-hydrogen) atoms. The van der Waals surface area contributed by atoms with Gasteiger partial charge in [-0.2, -0.15) is 0 Å². The number of ketones is 1. The highest BCUT2D eigenvalue weighted by Crippen LogP contribution is 2.22. The van der Waals surface area contributed by atoms with Crippen molar-refractivity contribution in [2.24, 2.45) is 0 Å². The fourth-order valence-electron chi connectivity index (χ4n) is 2.68. The normalized spacial score (nSPS) is 11.5. The summed E-state index contributed by atoms with van der Waals surface area (Å²) in [5.74, 6) is -1.19. The number of Topliss-reactive ketones (excluding diaryl/α,β-unsaturated/α-hetero) is 1. The summed E-state index contributed by atoms with van der Waals surface area (Å²) >= 11 is 6.95. The van der Waals surface area contributed by atoms with Gasteiger partial charge in [0.05, 0.1) is 21.7 Å². The van der Waals surface area contributed by atoms with Crippen molar-refractivity contribution in [1.82, 2.24) is 5.32 Å². The van der Waals surface area contributed by atoms with Gasteiger partial charge >= 0.3 is 5.97 Å². The minimum atomic E-state index is -0.581. The molecule has 0 aliphatic carbocycles. The standard InChI is InChI=1S/C22H18ClNO4S/c23-20-12-11-19(29-20)18(25)14-28-21(26)13-17(15-7-3-1-4-8-15)24-22(27)16-9-5-2-6-10-16/h1-12,17H,13-14H2,(H,24,27). The summed E-state index contributed by atoms with van der Waals surface area (Å²) in [6, 6.07) is 20.5. The first kappa shape index (κ1) is 20.8. The van der Waals surface area contributed by atoms with Gasteiger partial charge < -0.3 is 10.1 Å². The maximum Gasteiger partial charge on any atom is 0.308 e. The van der Waals surface area contributed by atoms with Gasteiger partial charge in [-0.3, -0.25) is 14.4 Å². The smallest absolute Gasteiger partial charge is 0.308 e. The summed E-state index contributed by atoms with van der Waals surface area (Å²) in [6.07, 6.45) is -0.0962. The summed E-state index contributed by atoms with van der Waals surface area (Å²) in [4.78, 5) is 37.4. The molecule has 1 amide bonds. The van der Waals surface area contributed by atoms with Gasteiger partial charge in [0.15, 0.2) is 6.61 Å². The van der Waals surface area contributed by atoms with Crippen molar-refractivity contribution in [1.29, 1.82) is 0 Å². The summed E-state index contributed by atoms with van der Waals surface area (Å²) < 4.78 is 5.62. The lowest BCUT2D eigenvalue weighted by Crippen LogP contribution is -2.31. The average molecular weight is 428 g/mol. The van der Waals surface area contributed by atoms with Crippen LogP contribution in [0.5, 0.6) is 0 Å². The van der Waals surface area contributed by atoms with Crippen LogP contribution in [0.4, 0.5) is 0 Å². The van der Waals surface area contributed by atoms with E-state index in [0.29, 0.717) is 14.8 Å². The molecule has 0 bridgehead atoms. The van der Waals surface area contributed by atoms with Gasteiger partial charge in [0.1, 0.15) is 0 Å². The zero-order valence-electron chi connectivity index (χ0n) is 15.3. The molecule has 0 saturated carbocycles. The Balaban J connectivity index is 1.64.